The van der Waals surface area contributed by atoms with Crippen molar-refractivity contribution in [1.82, 2.24) is 0 Å². The number of fused-ring (bicyclic) bond motifs is 2. The van der Waals surface area contributed by atoms with Gasteiger partial charge in [0.15, 0.2) is 0 Å². The van der Waals surface area contributed by atoms with Crippen LogP contribution in [0.2, 0.25) is 0 Å². The maximum atomic E-state index is 12.8. The molecule has 19 heavy (non-hydrogen) atoms. The molecule has 3 rings (SSSR count). The van der Waals surface area contributed by atoms with Crippen LogP contribution in [0, 0.1) is 0 Å². The fraction of sp³-hybridized carbons (Fsp3) is 0.533. The van der Waals surface area contributed by atoms with E-state index in [0.717, 1.165) is 30.5 Å². The molecule has 0 saturated carbocycles. The summed E-state index contributed by atoms with van der Waals surface area (Å²) in [6.07, 6.45) is 2.78. The van der Waals surface area contributed by atoms with Gasteiger partial charge in [-0.2, -0.15) is 0 Å². The molecule has 0 unspecified atom stereocenters. The van der Waals surface area contributed by atoms with Gasteiger partial charge in [0.1, 0.15) is 0 Å². The molecule has 0 aromatic heterocycles. The standard InChI is InChI=1S/C15H19NO3/c1-2-9-16-13-8-4-3-7-12(13)15(14(16)17)18-10-5-6-11-19-15/h3-4,7-8H,2,5-6,9-11H2,1H3. The third-order valence-corrected chi connectivity index (χ3v) is 3.67. The Morgan fingerprint density at radius 3 is 2.58 bits per heavy atom. The number of ether oxygens (including phenoxy) is 2. The van der Waals surface area contributed by atoms with Gasteiger partial charge < -0.3 is 14.4 Å². The number of nitrogens with zero attached hydrogens (tertiary/aromatic N) is 1. The van der Waals surface area contributed by atoms with Gasteiger partial charge in [-0.05, 0) is 25.3 Å². The molecule has 1 saturated heterocycles. The second kappa shape index (κ2) is 4.94. The van der Waals surface area contributed by atoms with Crippen molar-refractivity contribution in [3.63, 3.8) is 0 Å². The second-order valence-electron chi connectivity index (χ2n) is 4.99. The third kappa shape index (κ3) is 1.86. The Labute approximate surface area is 113 Å². The van der Waals surface area contributed by atoms with Gasteiger partial charge in [0, 0.05) is 12.1 Å². The molecular weight excluding hydrogens is 242 g/mol. The number of carbonyl (C=O) groups excluding carboxylic acids is 1. The largest absolute Gasteiger partial charge is 0.338 e. The highest BCUT2D eigenvalue weighted by Gasteiger charge is 2.53. The smallest absolute Gasteiger partial charge is 0.292 e. The van der Waals surface area contributed by atoms with Gasteiger partial charge in [0.2, 0.25) is 0 Å². The highest BCUT2D eigenvalue weighted by molar-refractivity contribution is 6.06. The van der Waals surface area contributed by atoms with Crippen molar-refractivity contribution in [3.05, 3.63) is 29.8 Å². The Hall–Kier alpha value is -1.39. The zero-order chi connectivity index (χ0) is 13.3. The Balaban J connectivity index is 2.07. The average molecular weight is 261 g/mol. The SMILES string of the molecule is CCCN1C(=O)C2(OCCCCO2)c2ccccc21. The summed E-state index contributed by atoms with van der Waals surface area (Å²) in [6, 6.07) is 7.79. The van der Waals surface area contributed by atoms with Crippen LogP contribution in [0.1, 0.15) is 31.7 Å². The lowest BCUT2D eigenvalue weighted by Gasteiger charge is -2.26. The molecule has 1 amide bonds. The first-order chi connectivity index (χ1) is 9.29. The Morgan fingerprint density at radius 2 is 1.89 bits per heavy atom. The van der Waals surface area contributed by atoms with E-state index in [-0.39, 0.29) is 5.91 Å². The third-order valence-electron chi connectivity index (χ3n) is 3.67. The number of hydrogen-bond donors (Lipinski definition) is 0. The van der Waals surface area contributed by atoms with Gasteiger partial charge in [-0.25, -0.2) is 0 Å². The Bertz CT molecular complexity index is 478. The first-order valence-electron chi connectivity index (χ1n) is 6.99. The second-order valence-corrected chi connectivity index (χ2v) is 4.99. The summed E-state index contributed by atoms with van der Waals surface area (Å²) in [5.41, 5.74) is 1.78. The van der Waals surface area contributed by atoms with E-state index in [9.17, 15) is 4.79 Å². The van der Waals surface area contributed by atoms with Crippen LogP contribution in [-0.2, 0) is 20.1 Å². The predicted octanol–water partition coefficient (Wildman–Crippen LogP) is 2.42. The van der Waals surface area contributed by atoms with Crippen LogP contribution >= 0.6 is 0 Å². The van der Waals surface area contributed by atoms with Crippen LogP contribution in [0.5, 0.6) is 0 Å². The molecular formula is C15H19NO3. The molecule has 2 aliphatic heterocycles. The zero-order valence-electron chi connectivity index (χ0n) is 11.2. The van der Waals surface area contributed by atoms with E-state index in [4.69, 9.17) is 9.47 Å². The van der Waals surface area contributed by atoms with Gasteiger partial charge in [-0.1, -0.05) is 25.1 Å². The van der Waals surface area contributed by atoms with Gasteiger partial charge in [-0.3, -0.25) is 4.79 Å². The van der Waals surface area contributed by atoms with E-state index in [0.29, 0.717) is 19.8 Å². The minimum Gasteiger partial charge on any atom is -0.338 e. The zero-order valence-corrected chi connectivity index (χ0v) is 11.2. The van der Waals surface area contributed by atoms with Gasteiger partial charge >= 0.3 is 0 Å². The van der Waals surface area contributed by atoms with Crippen LogP contribution in [0.3, 0.4) is 0 Å². The highest BCUT2D eigenvalue weighted by atomic mass is 16.7. The summed E-state index contributed by atoms with van der Waals surface area (Å²) >= 11 is 0. The first kappa shape index (κ1) is 12.6. The molecule has 4 heteroatoms. The molecule has 0 N–H and O–H groups in total. The number of carbonyl (C=O) groups is 1. The fourth-order valence-electron chi connectivity index (χ4n) is 2.79. The molecule has 0 aliphatic carbocycles. The molecule has 0 bridgehead atoms. The lowest BCUT2D eigenvalue weighted by Crippen LogP contribution is -2.44. The molecule has 1 fully saturated rings. The van der Waals surface area contributed by atoms with Crippen LogP contribution in [0.25, 0.3) is 0 Å². The van der Waals surface area contributed by atoms with Gasteiger partial charge in [0.25, 0.3) is 11.7 Å². The maximum absolute atomic E-state index is 12.8. The molecule has 0 radical (unpaired) electrons. The molecule has 1 spiro atoms. The lowest BCUT2D eigenvalue weighted by molar-refractivity contribution is -0.222. The van der Waals surface area contributed by atoms with Gasteiger partial charge in [-0.15, -0.1) is 0 Å². The van der Waals surface area contributed by atoms with E-state index < -0.39 is 5.79 Å². The number of benzene rings is 1. The number of para-hydroxylation sites is 1. The molecule has 4 nitrogen and oxygen atoms in total. The Kier molecular flexibility index (Phi) is 3.29. The van der Waals surface area contributed by atoms with E-state index in [1.54, 1.807) is 4.90 Å². The predicted molar refractivity (Wildman–Crippen MR) is 71.9 cm³/mol. The fourth-order valence-corrected chi connectivity index (χ4v) is 2.79. The van der Waals surface area contributed by atoms with Crippen LogP contribution in [0.4, 0.5) is 5.69 Å². The minimum absolute atomic E-state index is 0.0718. The van der Waals surface area contributed by atoms with Crippen molar-refractivity contribution in [2.45, 2.75) is 32.0 Å². The minimum atomic E-state index is -1.19. The molecule has 2 aliphatic rings. The molecule has 1 aromatic carbocycles. The van der Waals surface area contributed by atoms with Crippen molar-refractivity contribution in [1.29, 1.82) is 0 Å². The summed E-state index contributed by atoms with van der Waals surface area (Å²) < 4.78 is 11.7. The molecule has 0 atom stereocenters. The summed E-state index contributed by atoms with van der Waals surface area (Å²) in [5.74, 6) is -1.26. The lowest BCUT2D eigenvalue weighted by atomic mass is 10.1. The summed E-state index contributed by atoms with van der Waals surface area (Å²) in [6.45, 7) is 3.90. The van der Waals surface area contributed by atoms with Gasteiger partial charge in [0.05, 0.1) is 18.9 Å². The van der Waals surface area contributed by atoms with Crippen molar-refractivity contribution < 1.29 is 14.3 Å². The number of hydrogen-bond acceptors (Lipinski definition) is 3. The van der Waals surface area contributed by atoms with Crippen LogP contribution < -0.4 is 4.90 Å². The van der Waals surface area contributed by atoms with Crippen molar-refractivity contribution >= 4 is 11.6 Å². The monoisotopic (exact) mass is 261 g/mol. The van der Waals surface area contributed by atoms with E-state index in [2.05, 4.69) is 6.92 Å². The quantitative estimate of drug-likeness (QED) is 0.820. The topological polar surface area (TPSA) is 38.8 Å². The maximum Gasteiger partial charge on any atom is 0.292 e. The van der Waals surface area contributed by atoms with E-state index in [1.165, 1.54) is 0 Å². The summed E-state index contributed by atoms with van der Waals surface area (Å²) in [7, 11) is 0. The summed E-state index contributed by atoms with van der Waals surface area (Å²) in [4.78, 5) is 14.6. The van der Waals surface area contributed by atoms with E-state index in [1.807, 2.05) is 24.3 Å². The van der Waals surface area contributed by atoms with Crippen LogP contribution in [-0.4, -0.2) is 25.7 Å². The molecule has 1 aromatic rings. The van der Waals surface area contributed by atoms with Crippen molar-refractivity contribution in [2.75, 3.05) is 24.7 Å². The van der Waals surface area contributed by atoms with Crippen molar-refractivity contribution in [2.24, 2.45) is 0 Å². The van der Waals surface area contributed by atoms with Crippen molar-refractivity contribution in [3.8, 4) is 0 Å². The van der Waals surface area contributed by atoms with E-state index >= 15 is 0 Å². The molecule has 102 valence electrons. The average Bonchev–Trinajstić information content (AvgIpc) is 2.64. The number of anilines is 1. The number of amides is 1. The molecule has 2 heterocycles. The first-order valence-corrected chi connectivity index (χ1v) is 6.99. The normalized spacial score (nSPS) is 21.5. The highest BCUT2D eigenvalue weighted by Crippen LogP contribution is 2.44. The summed E-state index contributed by atoms with van der Waals surface area (Å²) in [5, 5.41) is 0. The number of rotatable bonds is 2. The Morgan fingerprint density at radius 1 is 1.21 bits per heavy atom. The van der Waals surface area contributed by atoms with Crippen LogP contribution in [0.15, 0.2) is 24.3 Å².